The van der Waals surface area contributed by atoms with Gasteiger partial charge >= 0.3 is 6.18 Å². The average molecular weight is 529 g/mol. The highest BCUT2D eigenvalue weighted by Gasteiger charge is 2.67. The molecule has 1 aliphatic carbocycles. The van der Waals surface area contributed by atoms with E-state index < -0.39 is 35.1 Å². The monoisotopic (exact) mass is 528 g/mol. The molecule has 0 unspecified atom stereocenters. The maximum atomic E-state index is 14.6. The van der Waals surface area contributed by atoms with Gasteiger partial charge in [-0.1, -0.05) is 17.7 Å². The van der Waals surface area contributed by atoms with Crippen molar-refractivity contribution in [3.05, 3.63) is 64.2 Å². The Morgan fingerprint density at radius 1 is 1.17 bits per heavy atom. The van der Waals surface area contributed by atoms with E-state index in [-0.39, 0.29) is 48.9 Å². The lowest BCUT2D eigenvalue weighted by Gasteiger charge is -2.30. The molecule has 2 aromatic rings. The summed E-state index contributed by atoms with van der Waals surface area (Å²) in [5.74, 6) is -2.96. The van der Waals surface area contributed by atoms with Gasteiger partial charge in [0.25, 0.3) is 5.91 Å². The van der Waals surface area contributed by atoms with Crippen molar-refractivity contribution in [2.75, 3.05) is 27.7 Å². The fraction of sp³-hybridized carbons (Fsp3) is 0.480. The highest BCUT2D eigenvalue weighted by Crippen LogP contribution is 2.66. The zero-order chi connectivity index (χ0) is 26.7. The molecule has 1 aromatic heterocycles. The molecule has 1 heterocycles. The highest BCUT2D eigenvalue weighted by molar-refractivity contribution is 6.32. The average Bonchev–Trinajstić information content (AvgIpc) is 3.65. The molecule has 2 atom stereocenters. The lowest BCUT2D eigenvalue weighted by Crippen LogP contribution is -2.43. The van der Waals surface area contributed by atoms with Crippen molar-refractivity contribution in [3.8, 4) is 0 Å². The number of amides is 2. The van der Waals surface area contributed by atoms with Crippen molar-refractivity contribution in [2.45, 2.75) is 43.8 Å². The fourth-order valence-corrected chi connectivity index (χ4v) is 4.67. The van der Waals surface area contributed by atoms with Gasteiger partial charge in [-0.15, -0.1) is 0 Å². The minimum Gasteiger partial charge on any atom is -0.355 e. The molecule has 0 saturated heterocycles. The predicted molar refractivity (Wildman–Crippen MR) is 128 cm³/mol. The van der Waals surface area contributed by atoms with Gasteiger partial charge in [-0.2, -0.15) is 13.2 Å². The maximum absolute atomic E-state index is 14.6. The first kappa shape index (κ1) is 27.9. The van der Waals surface area contributed by atoms with E-state index in [1.807, 2.05) is 0 Å². The molecule has 6 nitrogen and oxygen atoms in total. The van der Waals surface area contributed by atoms with Crippen LogP contribution in [0.2, 0.25) is 5.02 Å². The SMILES string of the molecule is CNC(=O)c1ccc(C[C@@H](CNC(=O)C[C@@H](c2ccncc2)C2(C(F)(F)F)CC2)N(C)C)c(Cl)c1F. The third kappa shape index (κ3) is 5.98. The van der Waals surface area contributed by atoms with Gasteiger partial charge in [-0.05, 0) is 62.7 Å². The summed E-state index contributed by atoms with van der Waals surface area (Å²) in [4.78, 5) is 30.3. The van der Waals surface area contributed by atoms with Crippen molar-refractivity contribution in [3.63, 3.8) is 0 Å². The summed E-state index contributed by atoms with van der Waals surface area (Å²) >= 11 is 6.17. The summed E-state index contributed by atoms with van der Waals surface area (Å²) in [5.41, 5.74) is -1.22. The van der Waals surface area contributed by atoms with Gasteiger partial charge in [-0.3, -0.25) is 14.6 Å². The van der Waals surface area contributed by atoms with Gasteiger partial charge in [0.2, 0.25) is 5.91 Å². The van der Waals surface area contributed by atoms with Gasteiger partial charge in [0.1, 0.15) is 0 Å². The Morgan fingerprint density at radius 2 is 1.81 bits per heavy atom. The van der Waals surface area contributed by atoms with Crippen LogP contribution in [-0.2, 0) is 11.2 Å². The van der Waals surface area contributed by atoms with Gasteiger partial charge in [0, 0.05) is 44.4 Å². The van der Waals surface area contributed by atoms with Crippen molar-refractivity contribution >= 4 is 23.4 Å². The van der Waals surface area contributed by atoms with Crippen LogP contribution < -0.4 is 10.6 Å². The van der Waals surface area contributed by atoms with E-state index in [0.29, 0.717) is 11.1 Å². The Kier molecular flexibility index (Phi) is 8.61. The number of nitrogens with zero attached hydrogens (tertiary/aromatic N) is 2. The first-order valence-electron chi connectivity index (χ1n) is 11.5. The number of hydrogen-bond donors (Lipinski definition) is 2. The van der Waals surface area contributed by atoms with Crippen molar-refractivity contribution < 1.29 is 27.2 Å². The van der Waals surface area contributed by atoms with E-state index >= 15 is 0 Å². The summed E-state index contributed by atoms with van der Waals surface area (Å²) in [6.45, 7) is 0.114. The molecule has 1 fully saturated rings. The molecule has 1 aromatic carbocycles. The van der Waals surface area contributed by atoms with E-state index in [4.69, 9.17) is 11.6 Å². The Bertz CT molecular complexity index is 1090. The van der Waals surface area contributed by atoms with E-state index in [1.54, 1.807) is 25.1 Å². The predicted octanol–water partition coefficient (Wildman–Crippen LogP) is 4.34. The molecular formula is C25H29ClF4N4O2. The lowest BCUT2D eigenvalue weighted by atomic mass is 9.80. The first-order chi connectivity index (χ1) is 16.9. The molecule has 1 saturated carbocycles. The molecule has 196 valence electrons. The number of rotatable bonds is 10. The van der Waals surface area contributed by atoms with Crippen LogP contribution in [0.15, 0.2) is 36.7 Å². The summed E-state index contributed by atoms with van der Waals surface area (Å²) in [6.07, 6.45) is -1.69. The number of likely N-dealkylation sites (N-methyl/N-ethyl adjacent to an activating group) is 1. The van der Waals surface area contributed by atoms with Gasteiger partial charge < -0.3 is 15.5 Å². The zero-order valence-corrected chi connectivity index (χ0v) is 21.0. The number of pyridine rings is 1. The van der Waals surface area contributed by atoms with Crippen molar-refractivity contribution in [2.24, 2.45) is 5.41 Å². The van der Waals surface area contributed by atoms with Crippen LogP contribution >= 0.6 is 11.6 Å². The molecule has 1 aliphatic rings. The summed E-state index contributed by atoms with van der Waals surface area (Å²) in [6, 6.07) is 5.60. The number of benzene rings is 1. The second kappa shape index (κ2) is 11.1. The molecular weight excluding hydrogens is 500 g/mol. The standard InChI is InChI=1S/C25H29ClF4N4O2/c1-31-23(36)18-5-4-16(21(26)22(18)27)12-17(34(2)3)14-33-20(35)13-19(15-6-10-32-11-7-15)24(8-9-24)25(28,29)30/h4-7,10-11,17,19H,8-9,12-14H2,1-3H3,(H,31,36)(H,33,35)/t17-,19-/m0/s1. The summed E-state index contributed by atoms with van der Waals surface area (Å²) in [7, 11) is 4.92. The van der Waals surface area contributed by atoms with E-state index in [9.17, 15) is 27.2 Å². The van der Waals surface area contributed by atoms with Crippen molar-refractivity contribution in [1.82, 2.24) is 20.5 Å². The molecule has 3 rings (SSSR count). The molecule has 36 heavy (non-hydrogen) atoms. The Labute approximate surface area is 212 Å². The van der Waals surface area contributed by atoms with Crippen LogP contribution in [0.25, 0.3) is 0 Å². The Balaban J connectivity index is 1.71. The second-order valence-electron chi connectivity index (χ2n) is 9.30. The molecule has 0 bridgehead atoms. The number of halogens is 5. The molecule has 2 amide bonds. The molecule has 0 radical (unpaired) electrons. The molecule has 11 heteroatoms. The smallest absolute Gasteiger partial charge is 0.355 e. The molecule has 0 spiro atoms. The van der Waals surface area contributed by atoms with E-state index in [1.165, 1.54) is 37.6 Å². The van der Waals surface area contributed by atoms with Crippen LogP contribution in [0.3, 0.4) is 0 Å². The van der Waals surface area contributed by atoms with Gasteiger partial charge in [-0.25, -0.2) is 4.39 Å². The second-order valence-corrected chi connectivity index (χ2v) is 9.67. The molecule has 0 aliphatic heterocycles. The maximum Gasteiger partial charge on any atom is 0.395 e. The Hall–Kier alpha value is -2.72. The highest BCUT2D eigenvalue weighted by atomic mass is 35.5. The van der Waals surface area contributed by atoms with Crippen molar-refractivity contribution in [1.29, 1.82) is 0 Å². The van der Waals surface area contributed by atoms with Crippen LogP contribution in [0.1, 0.15) is 46.7 Å². The number of carbonyl (C=O) groups is 2. The fourth-order valence-electron chi connectivity index (χ4n) is 4.43. The Morgan fingerprint density at radius 3 is 2.33 bits per heavy atom. The van der Waals surface area contributed by atoms with Crippen LogP contribution in [0.4, 0.5) is 17.6 Å². The normalized spacial score (nSPS) is 16.4. The number of nitrogens with one attached hydrogen (secondary N) is 2. The van der Waals surface area contributed by atoms with Crippen LogP contribution in [-0.4, -0.2) is 61.6 Å². The lowest BCUT2D eigenvalue weighted by molar-refractivity contribution is -0.194. The van der Waals surface area contributed by atoms with Crippen LogP contribution in [0, 0.1) is 11.2 Å². The quantitative estimate of drug-likeness (QED) is 0.450. The first-order valence-corrected chi connectivity index (χ1v) is 11.9. The minimum absolute atomic E-state index is 0.0206. The third-order valence-electron chi connectivity index (χ3n) is 6.87. The largest absolute Gasteiger partial charge is 0.395 e. The van der Waals surface area contributed by atoms with E-state index in [0.717, 1.165) is 0 Å². The number of alkyl halides is 3. The minimum atomic E-state index is -4.42. The van der Waals surface area contributed by atoms with Crippen LogP contribution in [0.5, 0.6) is 0 Å². The van der Waals surface area contributed by atoms with Gasteiger partial charge in [0.15, 0.2) is 5.82 Å². The molecule has 2 N–H and O–H groups in total. The summed E-state index contributed by atoms with van der Waals surface area (Å²) < 4.78 is 56.3. The summed E-state index contributed by atoms with van der Waals surface area (Å²) in [5, 5.41) is 4.90. The zero-order valence-electron chi connectivity index (χ0n) is 20.3. The van der Waals surface area contributed by atoms with E-state index in [2.05, 4.69) is 15.6 Å². The topological polar surface area (TPSA) is 74.3 Å². The number of hydrogen-bond acceptors (Lipinski definition) is 4. The number of aromatic nitrogens is 1. The van der Waals surface area contributed by atoms with Gasteiger partial charge in [0.05, 0.1) is 16.0 Å². The number of carbonyl (C=O) groups excluding carboxylic acids is 2. The third-order valence-corrected chi connectivity index (χ3v) is 7.28.